The molecule has 1 saturated carbocycles. The van der Waals surface area contributed by atoms with Crippen molar-refractivity contribution in [2.75, 3.05) is 13.1 Å². The first-order valence-electron chi connectivity index (χ1n) is 5.80. The van der Waals surface area contributed by atoms with Gasteiger partial charge in [-0.05, 0) is 31.1 Å². The van der Waals surface area contributed by atoms with Crippen LogP contribution in [0.25, 0.3) is 0 Å². The van der Waals surface area contributed by atoms with Gasteiger partial charge in [0.1, 0.15) is 0 Å². The minimum Gasteiger partial charge on any atom is -0.356 e. The Morgan fingerprint density at radius 1 is 1.57 bits per heavy atom. The molecule has 0 bridgehead atoms. The van der Waals surface area contributed by atoms with Crippen molar-refractivity contribution in [1.82, 2.24) is 10.6 Å². The molecular formula is C11H21N3. The molecule has 14 heavy (non-hydrogen) atoms. The smallest absolute Gasteiger partial charge is 0.191 e. The second-order valence-corrected chi connectivity index (χ2v) is 4.89. The largest absolute Gasteiger partial charge is 0.356 e. The molecule has 1 heterocycles. The van der Waals surface area contributed by atoms with E-state index < -0.39 is 0 Å². The summed E-state index contributed by atoms with van der Waals surface area (Å²) in [6, 6.07) is 0.696. The van der Waals surface area contributed by atoms with Crippen molar-refractivity contribution in [3.63, 3.8) is 0 Å². The van der Waals surface area contributed by atoms with Gasteiger partial charge in [-0.25, -0.2) is 0 Å². The average molecular weight is 195 g/mol. The lowest BCUT2D eigenvalue weighted by molar-refractivity contribution is 0.522. The lowest BCUT2D eigenvalue weighted by Crippen LogP contribution is -2.42. The molecule has 0 aromatic carbocycles. The van der Waals surface area contributed by atoms with Crippen molar-refractivity contribution < 1.29 is 0 Å². The van der Waals surface area contributed by atoms with Crippen LogP contribution in [0.1, 0.15) is 33.1 Å². The second kappa shape index (κ2) is 4.20. The van der Waals surface area contributed by atoms with Gasteiger partial charge >= 0.3 is 0 Å². The van der Waals surface area contributed by atoms with Crippen molar-refractivity contribution in [2.45, 2.75) is 39.2 Å². The lowest BCUT2D eigenvalue weighted by atomic mass is 10.1. The number of aliphatic imine (C=N–C) groups is 1. The van der Waals surface area contributed by atoms with E-state index in [9.17, 15) is 0 Å². The Balaban J connectivity index is 1.70. The van der Waals surface area contributed by atoms with Gasteiger partial charge in [0.2, 0.25) is 0 Å². The third-order valence-electron chi connectivity index (χ3n) is 2.92. The first kappa shape index (κ1) is 9.81. The SMILES string of the molecule is CC(C)CC1CC1NC1=NCCCN1. The van der Waals surface area contributed by atoms with Gasteiger partial charge in [-0.1, -0.05) is 13.8 Å². The number of nitrogens with zero attached hydrogens (tertiary/aromatic N) is 1. The molecule has 2 atom stereocenters. The fourth-order valence-corrected chi connectivity index (χ4v) is 2.10. The highest BCUT2D eigenvalue weighted by Gasteiger charge is 2.37. The number of guanidine groups is 1. The zero-order valence-corrected chi connectivity index (χ0v) is 9.21. The highest BCUT2D eigenvalue weighted by Crippen LogP contribution is 2.35. The molecule has 2 unspecified atom stereocenters. The number of hydrogen-bond donors (Lipinski definition) is 2. The predicted molar refractivity (Wildman–Crippen MR) is 59.4 cm³/mol. The van der Waals surface area contributed by atoms with Gasteiger partial charge in [-0.3, -0.25) is 4.99 Å². The standard InChI is InChI=1S/C11H21N3/c1-8(2)6-9-7-10(9)14-11-12-4-3-5-13-11/h8-10H,3-7H2,1-2H3,(H2,12,13,14). The third-order valence-corrected chi connectivity index (χ3v) is 2.92. The molecule has 3 nitrogen and oxygen atoms in total. The van der Waals surface area contributed by atoms with E-state index in [1.807, 2.05) is 0 Å². The van der Waals surface area contributed by atoms with Crippen LogP contribution in [0.5, 0.6) is 0 Å². The van der Waals surface area contributed by atoms with Gasteiger partial charge < -0.3 is 10.6 Å². The second-order valence-electron chi connectivity index (χ2n) is 4.89. The maximum absolute atomic E-state index is 4.42. The summed E-state index contributed by atoms with van der Waals surface area (Å²) in [6.07, 6.45) is 3.86. The van der Waals surface area contributed by atoms with Crippen LogP contribution in [-0.2, 0) is 0 Å². The molecule has 0 radical (unpaired) electrons. The van der Waals surface area contributed by atoms with Crippen molar-refractivity contribution in [3.05, 3.63) is 0 Å². The van der Waals surface area contributed by atoms with Crippen LogP contribution in [0, 0.1) is 11.8 Å². The molecule has 0 aromatic rings. The van der Waals surface area contributed by atoms with Gasteiger partial charge in [0, 0.05) is 19.1 Å². The fourth-order valence-electron chi connectivity index (χ4n) is 2.10. The van der Waals surface area contributed by atoms with E-state index in [1.165, 1.54) is 19.3 Å². The summed E-state index contributed by atoms with van der Waals surface area (Å²) in [5.41, 5.74) is 0. The summed E-state index contributed by atoms with van der Waals surface area (Å²) in [5.74, 6) is 2.75. The molecule has 0 amide bonds. The summed E-state index contributed by atoms with van der Waals surface area (Å²) in [6.45, 7) is 6.65. The molecule has 2 aliphatic rings. The fraction of sp³-hybridized carbons (Fsp3) is 0.909. The number of nitrogens with one attached hydrogen (secondary N) is 2. The molecule has 3 heteroatoms. The Morgan fingerprint density at radius 2 is 2.43 bits per heavy atom. The molecule has 1 fully saturated rings. The molecule has 1 aliphatic heterocycles. The van der Waals surface area contributed by atoms with Crippen LogP contribution in [-0.4, -0.2) is 25.1 Å². The van der Waals surface area contributed by atoms with E-state index in [-0.39, 0.29) is 0 Å². The van der Waals surface area contributed by atoms with Crippen LogP contribution in [0.4, 0.5) is 0 Å². The number of hydrogen-bond acceptors (Lipinski definition) is 3. The monoisotopic (exact) mass is 195 g/mol. The van der Waals surface area contributed by atoms with Crippen molar-refractivity contribution in [3.8, 4) is 0 Å². The van der Waals surface area contributed by atoms with Gasteiger partial charge in [-0.2, -0.15) is 0 Å². The van der Waals surface area contributed by atoms with Crippen LogP contribution in [0.3, 0.4) is 0 Å². The Bertz CT molecular complexity index is 223. The zero-order valence-electron chi connectivity index (χ0n) is 9.21. The minimum atomic E-state index is 0.696. The predicted octanol–water partition coefficient (Wildman–Crippen LogP) is 1.36. The van der Waals surface area contributed by atoms with E-state index in [2.05, 4.69) is 29.5 Å². The lowest BCUT2D eigenvalue weighted by Gasteiger charge is -2.16. The van der Waals surface area contributed by atoms with E-state index in [4.69, 9.17) is 0 Å². The Labute approximate surface area is 86.4 Å². The molecule has 0 saturated heterocycles. The topological polar surface area (TPSA) is 36.4 Å². The maximum Gasteiger partial charge on any atom is 0.191 e. The van der Waals surface area contributed by atoms with Gasteiger partial charge in [-0.15, -0.1) is 0 Å². The summed E-state index contributed by atoms with van der Waals surface area (Å²) in [5, 5.41) is 6.79. The highest BCUT2D eigenvalue weighted by atomic mass is 15.2. The summed E-state index contributed by atoms with van der Waals surface area (Å²) < 4.78 is 0. The Kier molecular flexibility index (Phi) is 2.94. The summed E-state index contributed by atoms with van der Waals surface area (Å²) >= 11 is 0. The first-order chi connectivity index (χ1) is 6.75. The quantitative estimate of drug-likeness (QED) is 0.713. The van der Waals surface area contributed by atoms with Gasteiger partial charge in [0.25, 0.3) is 0 Å². The van der Waals surface area contributed by atoms with Crippen LogP contribution in [0.2, 0.25) is 0 Å². The molecule has 2 rings (SSSR count). The van der Waals surface area contributed by atoms with Crippen LogP contribution in [0.15, 0.2) is 4.99 Å². The van der Waals surface area contributed by atoms with Crippen molar-refractivity contribution in [2.24, 2.45) is 16.8 Å². The molecular weight excluding hydrogens is 174 g/mol. The third kappa shape index (κ3) is 2.63. The Morgan fingerprint density at radius 3 is 3.07 bits per heavy atom. The van der Waals surface area contributed by atoms with E-state index in [1.54, 1.807) is 0 Å². The summed E-state index contributed by atoms with van der Waals surface area (Å²) in [4.78, 5) is 4.42. The van der Waals surface area contributed by atoms with Crippen molar-refractivity contribution >= 4 is 5.96 Å². The summed E-state index contributed by atoms with van der Waals surface area (Å²) in [7, 11) is 0. The first-order valence-corrected chi connectivity index (χ1v) is 5.80. The van der Waals surface area contributed by atoms with Crippen LogP contribution < -0.4 is 10.6 Å². The Hall–Kier alpha value is -0.730. The average Bonchev–Trinajstić information content (AvgIpc) is 2.84. The molecule has 2 N–H and O–H groups in total. The van der Waals surface area contributed by atoms with Crippen molar-refractivity contribution in [1.29, 1.82) is 0 Å². The van der Waals surface area contributed by atoms with E-state index >= 15 is 0 Å². The molecule has 0 aromatic heterocycles. The zero-order chi connectivity index (χ0) is 9.97. The van der Waals surface area contributed by atoms with Gasteiger partial charge in [0.05, 0.1) is 0 Å². The normalized spacial score (nSPS) is 30.9. The maximum atomic E-state index is 4.42. The highest BCUT2D eigenvalue weighted by molar-refractivity contribution is 5.80. The molecule has 80 valence electrons. The van der Waals surface area contributed by atoms with E-state index in [0.29, 0.717) is 6.04 Å². The molecule has 1 aliphatic carbocycles. The van der Waals surface area contributed by atoms with E-state index in [0.717, 1.165) is 30.9 Å². The van der Waals surface area contributed by atoms with Gasteiger partial charge in [0.15, 0.2) is 5.96 Å². The minimum absolute atomic E-state index is 0.696. The number of rotatable bonds is 3. The molecule has 0 spiro atoms. The van der Waals surface area contributed by atoms with Crippen LogP contribution >= 0.6 is 0 Å².